The van der Waals surface area contributed by atoms with Crippen LogP contribution in [0.15, 0.2) is 17.7 Å². The molecule has 0 bridgehead atoms. The summed E-state index contributed by atoms with van der Waals surface area (Å²) in [5, 5.41) is 2.37. The quantitative estimate of drug-likeness (QED) is 0.795. The zero-order chi connectivity index (χ0) is 14.1. The van der Waals surface area contributed by atoms with E-state index in [0.29, 0.717) is 5.15 Å². The number of piperazine rings is 1. The smallest absolute Gasteiger partial charge is 0.246 e. The van der Waals surface area contributed by atoms with Gasteiger partial charge in [0.1, 0.15) is 0 Å². The average molecular weight is 311 g/mol. The third-order valence-corrected chi connectivity index (χ3v) is 4.49. The molecule has 106 valence electrons. The predicted octanol–water partition coefficient (Wildman–Crippen LogP) is 1.84. The maximum atomic E-state index is 12.1. The average Bonchev–Trinajstić information content (AvgIpc) is 2.98. The van der Waals surface area contributed by atoms with Crippen LogP contribution >= 0.6 is 22.9 Å². The Balaban J connectivity index is 1.75. The topological polar surface area (TPSA) is 40.8 Å². The summed E-state index contributed by atoms with van der Waals surface area (Å²) in [7, 11) is 2.07. The molecule has 0 atom stereocenters. The van der Waals surface area contributed by atoms with Crippen molar-refractivity contribution in [3.63, 3.8) is 0 Å². The van der Waals surface area contributed by atoms with Crippen molar-refractivity contribution in [2.45, 2.75) is 0 Å². The highest BCUT2D eigenvalue weighted by Gasteiger charge is 2.17. The molecule has 1 aliphatic rings. The molecule has 3 rings (SSSR count). The number of imidazole rings is 1. The van der Waals surface area contributed by atoms with Crippen molar-refractivity contribution in [3.8, 4) is 0 Å². The Morgan fingerprint density at radius 2 is 2.15 bits per heavy atom. The van der Waals surface area contributed by atoms with E-state index in [0.717, 1.165) is 36.8 Å². The zero-order valence-electron chi connectivity index (χ0n) is 11.1. The van der Waals surface area contributed by atoms with Crippen LogP contribution in [0.3, 0.4) is 0 Å². The lowest BCUT2D eigenvalue weighted by Gasteiger charge is -2.31. The Morgan fingerprint density at radius 1 is 1.40 bits per heavy atom. The van der Waals surface area contributed by atoms with E-state index >= 15 is 0 Å². The number of carbonyl (C=O) groups excluding carboxylic acids is 1. The molecule has 0 saturated carbocycles. The number of aromatic nitrogens is 2. The van der Waals surface area contributed by atoms with Crippen LogP contribution < -0.4 is 0 Å². The van der Waals surface area contributed by atoms with Crippen LogP contribution in [-0.2, 0) is 4.79 Å². The minimum Gasteiger partial charge on any atom is -0.337 e. The summed E-state index contributed by atoms with van der Waals surface area (Å²) in [5.41, 5.74) is 0.755. The van der Waals surface area contributed by atoms with Crippen LogP contribution in [-0.4, -0.2) is 58.3 Å². The standard InChI is InChI=1S/C13H15ClN4OS/c1-16-4-6-17(7-5-16)11(19)3-2-10-12(14)15-13-18(10)8-9-20-13/h2-3,8-9H,4-7H2,1H3/b3-2+. The third-order valence-electron chi connectivity index (χ3n) is 3.45. The van der Waals surface area contributed by atoms with Gasteiger partial charge in [-0.25, -0.2) is 4.98 Å². The second kappa shape index (κ2) is 5.55. The van der Waals surface area contributed by atoms with Gasteiger partial charge >= 0.3 is 0 Å². The molecule has 20 heavy (non-hydrogen) atoms. The number of hydrogen-bond donors (Lipinski definition) is 0. The molecule has 0 radical (unpaired) electrons. The van der Waals surface area contributed by atoms with E-state index in [1.807, 2.05) is 20.9 Å². The maximum absolute atomic E-state index is 12.1. The highest BCUT2D eigenvalue weighted by molar-refractivity contribution is 7.15. The Morgan fingerprint density at radius 3 is 2.90 bits per heavy atom. The van der Waals surface area contributed by atoms with Gasteiger partial charge in [0.15, 0.2) is 10.1 Å². The number of nitrogens with zero attached hydrogens (tertiary/aromatic N) is 4. The number of likely N-dealkylation sites (N-methyl/N-ethyl adjacent to an activating group) is 1. The second-order valence-electron chi connectivity index (χ2n) is 4.81. The summed E-state index contributed by atoms with van der Waals surface area (Å²) in [4.78, 5) is 21.3. The van der Waals surface area contributed by atoms with E-state index in [9.17, 15) is 4.79 Å². The molecule has 0 N–H and O–H groups in total. The lowest BCUT2D eigenvalue weighted by Crippen LogP contribution is -2.46. The van der Waals surface area contributed by atoms with Crippen molar-refractivity contribution in [2.75, 3.05) is 33.2 Å². The van der Waals surface area contributed by atoms with Crippen molar-refractivity contribution in [1.29, 1.82) is 0 Å². The Labute approximate surface area is 126 Å². The molecular formula is C13H15ClN4OS. The number of amides is 1. The lowest BCUT2D eigenvalue weighted by atomic mass is 10.3. The maximum Gasteiger partial charge on any atom is 0.246 e. The Bertz CT molecular complexity index is 654. The molecule has 3 heterocycles. The van der Waals surface area contributed by atoms with Gasteiger partial charge in [-0.2, -0.15) is 0 Å². The molecule has 1 aliphatic heterocycles. The fourth-order valence-corrected chi connectivity index (χ4v) is 3.21. The molecule has 0 spiro atoms. The van der Waals surface area contributed by atoms with Crippen LogP contribution in [0, 0.1) is 0 Å². The number of fused-ring (bicyclic) bond motifs is 1. The van der Waals surface area contributed by atoms with E-state index in [1.165, 1.54) is 11.3 Å². The fraction of sp³-hybridized carbons (Fsp3) is 0.385. The van der Waals surface area contributed by atoms with Gasteiger partial charge in [-0.05, 0) is 13.1 Å². The van der Waals surface area contributed by atoms with E-state index in [4.69, 9.17) is 11.6 Å². The molecule has 1 fully saturated rings. The summed E-state index contributed by atoms with van der Waals surface area (Å²) >= 11 is 7.61. The van der Waals surface area contributed by atoms with Gasteiger partial charge in [0.2, 0.25) is 5.91 Å². The SMILES string of the molecule is CN1CCN(C(=O)/C=C/c2c(Cl)nc3sccn23)CC1. The van der Waals surface area contributed by atoms with Crippen LogP contribution in [0.1, 0.15) is 5.69 Å². The van der Waals surface area contributed by atoms with Gasteiger partial charge in [-0.1, -0.05) is 11.6 Å². The van der Waals surface area contributed by atoms with E-state index in [-0.39, 0.29) is 5.91 Å². The minimum atomic E-state index is 0.0272. The summed E-state index contributed by atoms with van der Waals surface area (Å²) < 4.78 is 1.89. The van der Waals surface area contributed by atoms with Crippen LogP contribution in [0.5, 0.6) is 0 Å². The Kier molecular flexibility index (Phi) is 3.78. The van der Waals surface area contributed by atoms with E-state index in [2.05, 4.69) is 16.9 Å². The van der Waals surface area contributed by atoms with Crippen LogP contribution in [0.2, 0.25) is 5.15 Å². The molecule has 1 amide bonds. The second-order valence-corrected chi connectivity index (χ2v) is 6.04. The molecular weight excluding hydrogens is 296 g/mol. The van der Waals surface area contributed by atoms with E-state index < -0.39 is 0 Å². The summed E-state index contributed by atoms with van der Waals surface area (Å²) in [6, 6.07) is 0. The largest absolute Gasteiger partial charge is 0.337 e. The number of halogens is 1. The van der Waals surface area contributed by atoms with Crippen molar-refractivity contribution in [1.82, 2.24) is 19.2 Å². The highest BCUT2D eigenvalue weighted by atomic mass is 35.5. The van der Waals surface area contributed by atoms with Gasteiger partial charge in [-0.3, -0.25) is 9.20 Å². The molecule has 2 aromatic rings. The van der Waals surface area contributed by atoms with Crippen molar-refractivity contribution >= 4 is 39.9 Å². The minimum absolute atomic E-state index is 0.0272. The molecule has 5 nitrogen and oxygen atoms in total. The molecule has 0 unspecified atom stereocenters. The summed E-state index contributed by atoms with van der Waals surface area (Å²) in [6.07, 6.45) is 5.23. The first-order chi connectivity index (χ1) is 9.65. The number of hydrogen-bond acceptors (Lipinski definition) is 4. The van der Waals surface area contributed by atoms with Gasteiger partial charge in [0.25, 0.3) is 0 Å². The first-order valence-electron chi connectivity index (χ1n) is 6.42. The zero-order valence-corrected chi connectivity index (χ0v) is 12.7. The first kappa shape index (κ1) is 13.6. The van der Waals surface area contributed by atoms with Crippen LogP contribution in [0.25, 0.3) is 11.0 Å². The molecule has 1 saturated heterocycles. The van der Waals surface area contributed by atoms with Crippen molar-refractivity contribution in [2.24, 2.45) is 0 Å². The van der Waals surface area contributed by atoms with E-state index in [1.54, 1.807) is 12.2 Å². The normalized spacial score (nSPS) is 17.4. The molecule has 2 aromatic heterocycles. The third kappa shape index (κ3) is 2.59. The fourth-order valence-electron chi connectivity index (χ4n) is 2.21. The van der Waals surface area contributed by atoms with Gasteiger partial charge in [0.05, 0.1) is 5.69 Å². The Hall–Kier alpha value is -1.37. The molecule has 0 aliphatic carbocycles. The lowest BCUT2D eigenvalue weighted by molar-refractivity contribution is -0.127. The van der Waals surface area contributed by atoms with Crippen molar-refractivity contribution < 1.29 is 4.79 Å². The van der Waals surface area contributed by atoms with Gasteiger partial charge < -0.3 is 9.80 Å². The summed E-state index contributed by atoms with van der Waals surface area (Å²) in [6.45, 7) is 3.38. The molecule has 0 aromatic carbocycles. The summed E-state index contributed by atoms with van der Waals surface area (Å²) in [5.74, 6) is 0.0272. The first-order valence-corrected chi connectivity index (χ1v) is 7.67. The number of carbonyl (C=O) groups is 1. The van der Waals surface area contributed by atoms with Gasteiger partial charge in [0, 0.05) is 43.8 Å². The molecule has 7 heteroatoms. The predicted molar refractivity (Wildman–Crippen MR) is 81.2 cm³/mol. The number of rotatable bonds is 2. The van der Waals surface area contributed by atoms with Crippen molar-refractivity contribution in [3.05, 3.63) is 28.5 Å². The monoisotopic (exact) mass is 310 g/mol. The number of thiazole rings is 1. The van der Waals surface area contributed by atoms with Crippen LogP contribution in [0.4, 0.5) is 0 Å². The highest BCUT2D eigenvalue weighted by Crippen LogP contribution is 2.22. The van der Waals surface area contributed by atoms with Gasteiger partial charge in [-0.15, -0.1) is 11.3 Å².